The molecule has 0 radical (unpaired) electrons. The first kappa shape index (κ1) is 20.2. The normalized spacial score (nSPS) is 27.6. The number of aliphatic imine (C=N–C) groups is 1. The van der Waals surface area contributed by atoms with Crippen LogP contribution in [0.25, 0.3) is 0 Å². The number of carbonyl (C=O) groups excluding carboxylic acids is 1. The van der Waals surface area contributed by atoms with E-state index in [9.17, 15) is 4.79 Å². The molecule has 1 saturated heterocycles. The zero-order chi connectivity index (χ0) is 19.8. The number of nitriles is 1. The number of hydrogen-bond donors (Lipinski definition) is 3. The predicted molar refractivity (Wildman–Crippen MR) is 108 cm³/mol. The summed E-state index contributed by atoms with van der Waals surface area (Å²) in [5.74, 6) is 0.512. The number of guanidine groups is 1. The van der Waals surface area contributed by atoms with Crippen LogP contribution < -0.4 is 16.0 Å². The summed E-state index contributed by atoms with van der Waals surface area (Å²) in [6.45, 7) is 1.29. The highest BCUT2D eigenvalue weighted by atomic mass is 16.5. The SMILES string of the molecule is CN/C(=N\C#N)N[C@H]1CC[C@](CNC(=O)C2CCCO2)(c2ccccc2)CC1. The molecule has 0 spiro atoms. The molecule has 7 heteroatoms. The Hall–Kier alpha value is -2.59. The minimum absolute atomic E-state index is 0.00618. The van der Waals surface area contributed by atoms with Crippen molar-refractivity contribution in [1.82, 2.24) is 16.0 Å². The number of ether oxygens (including phenoxy) is 1. The molecule has 28 heavy (non-hydrogen) atoms. The molecule has 1 heterocycles. The van der Waals surface area contributed by atoms with E-state index < -0.39 is 0 Å². The largest absolute Gasteiger partial charge is 0.368 e. The third-order valence-electron chi connectivity index (χ3n) is 5.89. The first-order valence-electron chi connectivity index (χ1n) is 10.0. The van der Waals surface area contributed by atoms with Crippen molar-refractivity contribution in [1.29, 1.82) is 5.26 Å². The first-order valence-corrected chi connectivity index (χ1v) is 10.0. The Morgan fingerprint density at radius 3 is 2.64 bits per heavy atom. The summed E-state index contributed by atoms with van der Waals surface area (Å²) in [6.07, 6.45) is 7.05. The molecule has 3 N–H and O–H groups in total. The molecular weight excluding hydrogens is 354 g/mol. The van der Waals surface area contributed by atoms with Crippen molar-refractivity contribution in [3.8, 4) is 6.19 Å². The summed E-state index contributed by atoms with van der Waals surface area (Å²) in [7, 11) is 1.75. The standard InChI is InChI=1S/C21H29N5O2/c1-23-20(25-15-22)26-17-9-11-21(12-10-17,16-6-3-2-4-7-16)14-24-19(27)18-8-5-13-28-18/h2-4,6-7,17-18H,5,8-14H2,1H3,(H,24,27)(H2,23,25,26)/t17-,18?,21-. The highest BCUT2D eigenvalue weighted by Gasteiger charge is 2.38. The lowest BCUT2D eigenvalue weighted by molar-refractivity contribution is -0.130. The number of amides is 1. The van der Waals surface area contributed by atoms with Crippen LogP contribution in [0.5, 0.6) is 0 Å². The Morgan fingerprint density at radius 2 is 2.04 bits per heavy atom. The lowest BCUT2D eigenvalue weighted by Gasteiger charge is -2.41. The Bertz CT molecular complexity index is 714. The van der Waals surface area contributed by atoms with Crippen LogP contribution in [0.2, 0.25) is 0 Å². The molecule has 2 fully saturated rings. The average molecular weight is 383 g/mol. The van der Waals surface area contributed by atoms with Crippen LogP contribution in [0.4, 0.5) is 0 Å². The highest BCUT2D eigenvalue weighted by molar-refractivity contribution is 5.81. The van der Waals surface area contributed by atoms with Gasteiger partial charge >= 0.3 is 0 Å². The fourth-order valence-corrected chi connectivity index (χ4v) is 4.23. The molecule has 1 aliphatic heterocycles. The maximum atomic E-state index is 12.5. The molecule has 0 bridgehead atoms. The van der Waals surface area contributed by atoms with E-state index in [1.165, 1.54) is 5.56 Å². The van der Waals surface area contributed by atoms with Crippen molar-refractivity contribution < 1.29 is 9.53 Å². The molecule has 1 aromatic rings. The Labute approximate surface area is 166 Å². The van der Waals surface area contributed by atoms with Gasteiger partial charge in [-0.2, -0.15) is 5.26 Å². The summed E-state index contributed by atoms with van der Waals surface area (Å²) < 4.78 is 5.52. The molecule has 1 aromatic carbocycles. The molecule has 3 rings (SSSR count). The van der Waals surface area contributed by atoms with Gasteiger partial charge in [-0.3, -0.25) is 4.79 Å². The van der Waals surface area contributed by atoms with Crippen LogP contribution in [-0.4, -0.2) is 44.2 Å². The summed E-state index contributed by atoms with van der Waals surface area (Å²) in [5.41, 5.74) is 1.18. The number of benzene rings is 1. The molecule has 2 aliphatic rings. The minimum atomic E-state index is -0.300. The second kappa shape index (κ2) is 9.56. The van der Waals surface area contributed by atoms with Crippen LogP contribution in [0, 0.1) is 11.5 Å². The van der Waals surface area contributed by atoms with E-state index in [0.29, 0.717) is 19.1 Å². The molecule has 1 aliphatic carbocycles. The van der Waals surface area contributed by atoms with Crippen LogP contribution in [0.3, 0.4) is 0 Å². The zero-order valence-corrected chi connectivity index (χ0v) is 16.4. The van der Waals surface area contributed by atoms with Crippen molar-refractivity contribution in [3.05, 3.63) is 35.9 Å². The van der Waals surface area contributed by atoms with Crippen molar-refractivity contribution in [2.45, 2.75) is 56.1 Å². The van der Waals surface area contributed by atoms with Gasteiger partial charge in [-0.15, -0.1) is 4.99 Å². The molecule has 1 amide bonds. The van der Waals surface area contributed by atoms with Crippen molar-refractivity contribution in [2.75, 3.05) is 20.2 Å². The van der Waals surface area contributed by atoms with Crippen LogP contribution in [-0.2, 0) is 14.9 Å². The monoisotopic (exact) mass is 383 g/mol. The Morgan fingerprint density at radius 1 is 1.29 bits per heavy atom. The number of rotatable bonds is 5. The topological polar surface area (TPSA) is 98.5 Å². The van der Waals surface area contributed by atoms with E-state index in [-0.39, 0.29) is 23.5 Å². The van der Waals surface area contributed by atoms with Crippen molar-refractivity contribution in [3.63, 3.8) is 0 Å². The molecule has 1 atom stereocenters. The van der Waals surface area contributed by atoms with Gasteiger partial charge in [0, 0.05) is 31.7 Å². The maximum absolute atomic E-state index is 12.5. The van der Waals surface area contributed by atoms with E-state index in [2.05, 4.69) is 45.2 Å². The van der Waals surface area contributed by atoms with Crippen LogP contribution in [0.1, 0.15) is 44.1 Å². The molecule has 150 valence electrons. The molecular formula is C21H29N5O2. The van der Waals surface area contributed by atoms with E-state index in [0.717, 1.165) is 38.5 Å². The number of carbonyl (C=O) groups is 1. The van der Waals surface area contributed by atoms with Gasteiger partial charge in [-0.25, -0.2) is 0 Å². The number of nitrogens with one attached hydrogen (secondary N) is 3. The van der Waals surface area contributed by atoms with Gasteiger partial charge in [0.15, 0.2) is 0 Å². The highest BCUT2D eigenvalue weighted by Crippen LogP contribution is 2.39. The maximum Gasteiger partial charge on any atom is 0.249 e. The molecule has 0 aromatic heterocycles. The third kappa shape index (κ3) is 4.82. The molecule has 1 unspecified atom stereocenters. The van der Waals surface area contributed by atoms with Gasteiger partial charge in [0.25, 0.3) is 0 Å². The molecule has 1 saturated carbocycles. The number of nitrogens with zero attached hydrogens (tertiary/aromatic N) is 2. The fourth-order valence-electron chi connectivity index (χ4n) is 4.23. The quantitative estimate of drug-likeness (QED) is 0.409. The second-order valence-electron chi connectivity index (χ2n) is 7.59. The lowest BCUT2D eigenvalue weighted by atomic mass is 9.68. The summed E-state index contributed by atoms with van der Waals surface area (Å²) in [4.78, 5) is 16.2. The lowest BCUT2D eigenvalue weighted by Crippen LogP contribution is -2.50. The minimum Gasteiger partial charge on any atom is -0.368 e. The van der Waals surface area contributed by atoms with E-state index in [4.69, 9.17) is 10.00 Å². The summed E-state index contributed by atoms with van der Waals surface area (Å²) in [6, 6.07) is 10.7. The van der Waals surface area contributed by atoms with Crippen LogP contribution >= 0.6 is 0 Å². The number of hydrogen-bond acceptors (Lipinski definition) is 4. The summed E-state index contributed by atoms with van der Waals surface area (Å²) in [5, 5.41) is 18.2. The second-order valence-corrected chi connectivity index (χ2v) is 7.59. The smallest absolute Gasteiger partial charge is 0.249 e. The van der Waals surface area contributed by atoms with Gasteiger partial charge in [-0.05, 0) is 44.1 Å². The Kier molecular flexibility index (Phi) is 6.88. The van der Waals surface area contributed by atoms with E-state index in [1.807, 2.05) is 12.3 Å². The predicted octanol–water partition coefficient (Wildman–Crippen LogP) is 1.81. The summed E-state index contributed by atoms with van der Waals surface area (Å²) >= 11 is 0. The average Bonchev–Trinajstić information content (AvgIpc) is 3.28. The fraction of sp³-hybridized carbons (Fsp3) is 0.571. The van der Waals surface area contributed by atoms with Gasteiger partial charge in [0.1, 0.15) is 6.10 Å². The third-order valence-corrected chi connectivity index (χ3v) is 5.89. The first-order chi connectivity index (χ1) is 13.7. The van der Waals surface area contributed by atoms with Crippen LogP contribution in [0.15, 0.2) is 35.3 Å². The van der Waals surface area contributed by atoms with E-state index >= 15 is 0 Å². The van der Waals surface area contributed by atoms with Gasteiger partial charge < -0.3 is 20.7 Å². The molecule has 7 nitrogen and oxygen atoms in total. The van der Waals surface area contributed by atoms with Gasteiger partial charge in [-0.1, -0.05) is 30.3 Å². The Balaban J connectivity index is 1.66. The van der Waals surface area contributed by atoms with Gasteiger partial charge in [0.2, 0.25) is 18.1 Å². The van der Waals surface area contributed by atoms with Crippen molar-refractivity contribution in [2.24, 2.45) is 4.99 Å². The van der Waals surface area contributed by atoms with Crippen molar-refractivity contribution >= 4 is 11.9 Å². The van der Waals surface area contributed by atoms with E-state index in [1.54, 1.807) is 7.05 Å². The zero-order valence-electron chi connectivity index (χ0n) is 16.4. The van der Waals surface area contributed by atoms with Gasteiger partial charge in [0.05, 0.1) is 0 Å².